The van der Waals surface area contributed by atoms with Crippen LogP contribution in [0.25, 0.3) is 0 Å². The van der Waals surface area contributed by atoms with E-state index in [1.165, 1.54) is 0 Å². The molecule has 3 atom stereocenters. The molecule has 0 N–H and O–H groups in total. The van der Waals surface area contributed by atoms with Gasteiger partial charge < -0.3 is 4.74 Å². The Balaban J connectivity index is 2.03. The fourth-order valence-corrected chi connectivity index (χ4v) is 4.22. The highest BCUT2D eigenvalue weighted by atomic mass is 16.5. The molecule has 0 aliphatic heterocycles. The maximum atomic E-state index is 12.7. The van der Waals surface area contributed by atoms with Gasteiger partial charge in [-0.2, -0.15) is 0 Å². The molecule has 0 heterocycles. The molecule has 124 valence electrons. The summed E-state index contributed by atoms with van der Waals surface area (Å²) in [5.41, 5.74) is -1.53. The summed E-state index contributed by atoms with van der Waals surface area (Å²) in [6.45, 7) is 7.99. The summed E-state index contributed by atoms with van der Waals surface area (Å²) in [4.78, 5) is 37.4. The number of carbonyl (C=O) groups is 3. The lowest BCUT2D eigenvalue weighted by molar-refractivity contribution is -0.179. The van der Waals surface area contributed by atoms with Crippen LogP contribution in [0.4, 0.5) is 0 Å². The lowest BCUT2D eigenvalue weighted by Crippen LogP contribution is -2.62. The van der Waals surface area contributed by atoms with Crippen LogP contribution in [-0.2, 0) is 19.1 Å². The zero-order valence-electron chi connectivity index (χ0n) is 14.2. The van der Waals surface area contributed by atoms with E-state index < -0.39 is 16.7 Å². The molecule has 0 unspecified atom stereocenters. The first-order valence-corrected chi connectivity index (χ1v) is 8.49. The van der Waals surface area contributed by atoms with Gasteiger partial charge in [-0.25, -0.2) is 0 Å². The van der Waals surface area contributed by atoms with Gasteiger partial charge in [0.15, 0.2) is 0 Å². The summed E-state index contributed by atoms with van der Waals surface area (Å²) < 4.78 is 5.40. The molecule has 3 saturated carbocycles. The van der Waals surface area contributed by atoms with Gasteiger partial charge >= 0.3 is 5.97 Å². The summed E-state index contributed by atoms with van der Waals surface area (Å²) in [7, 11) is 0. The van der Waals surface area contributed by atoms with Crippen molar-refractivity contribution >= 4 is 17.5 Å². The Kier molecular flexibility index (Phi) is 4.78. The zero-order chi connectivity index (χ0) is 16.5. The molecule has 4 nitrogen and oxygen atoms in total. The molecule has 2 bridgehead atoms. The molecule has 0 amide bonds. The normalized spacial score (nSPS) is 33.1. The monoisotopic (exact) mass is 308 g/mol. The number of Topliss-reactive ketones (excluding diaryl/α,β-unsaturated/α-hetero) is 2. The van der Waals surface area contributed by atoms with Crippen molar-refractivity contribution in [2.24, 2.45) is 22.7 Å². The third-order valence-corrected chi connectivity index (χ3v) is 5.67. The van der Waals surface area contributed by atoms with Crippen LogP contribution in [0.1, 0.15) is 66.2 Å². The molecular weight excluding hydrogens is 280 g/mol. The predicted molar refractivity (Wildman–Crippen MR) is 83.2 cm³/mol. The average Bonchev–Trinajstić information content (AvgIpc) is 2.44. The molecule has 3 aliphatic carbocycles. The van der Waals surface area contributed by atoms with Crippen LogP contribution in [0.15, 0.2) is 0 Å². The summed E-state index contributed by atoms with van der Waals surface area (Å²) in [6, 6.07) is 0. The van der Waals surface area contributed by atoms with E-state index in [4.69, 9.17) is 4.74 Å². The van der Waals surface area contributed by atoms with Gasteiger partial charge in [0.1, 0.15) is 11.6 Å². The van der Waals surface area contributed by atoms with Gasteiger partial charge in [-0.1, -0.05) is 47.0 Å². The van der Waals surface area contributed by atoms with Gasteiger partial charge in [0.2, 0.25) is 0 Å². The lowest BCUT2D eigenvalue weighted by Gasteiger charge is -2.54. The number of hydrogen-bond donors (Lipinski definition) is 0. The van der Waals surface area contributed by atoms with Crippen LogP contribution in [0.5, 0.6) is 0 Å². The number of fused-ring (bicyclic) bond motifs is 3. The second kappa shape index (κ2) is 6.13. The Bertz CT molecular complexity index is 479. The summed E-state index contributed by atoms with van der Waals surface area (Å²) in [6.07, 6.45) is 4.85. The van der Waals surface area contributed by atoms with E-state index in [1.54, 1.807) is 6.92 Å². The third-order valence-electron chi connectivity index (χ3n) is 5.67. The summed E-state index contributed by atoms with van der Waals surface area (Å²) in [5.74, 6) is -0.912. The molecule has 0 radical (unpaired) electrons. The van der Waals surface area contributed by atoms with E-state index in [2.05, 4.69) is 6.92 Å². The number of carbonyl (C=O) groups excluding carboxylic acids is 3. The van der Waals surface area contributed by atoms with Crippen LogP contribution in [0.2, 0.25) is 0 Å². The maximum absolute atomic E-state index is 12.7. The standard InChI is InChI=1S/C18H28O4/c1-5-6-7-8-9-22-15(20)13-10-12-14(19)11-18(13,4)16(21)17(12,2)3/h12-13H,5-11H2,1-4H3/t12-,13+,18-/m0/s1. The van der Waals surface area contributed by atoms with Gasteiger partial charge in [-0.05, 0) is 12.8 Å². The Hall–Kier alpha value is -1.19. The fourth-order valence-electron chi connectivity index (χ4n) is 4.22. The number of hydrogen-bond acceptors (Lipinski definition) is 4. The molecule has 0 aromatic rings. The van der Waals surface area contributed by atoms with Crippen LogP contribution >= 0.6 is 0 Å². The topological polar surface area (TPSA) is 60.4 Å². The molecule has 0 aromatic carbocycles. The van der Waals surface area contributed by atoms with Gasteiger partial charge in [0, 0.05) is 23.2 Å². The zero-order valence-corrected chi connectivity index (χ0v) is 14.2. The Morgan fingerprint density at radius 2 is 1.86 bits per heavy atom. The van der Waals surface area contributed by atoms with Gasteiger partial charge in [0.25, 0.3) is 0 Å². The van der Waals surface area contributed by atoms with E-state index >= 15 is 0 Å². The minimum Gasteiger partial charge on any atom is -0.465 e. The van der Waals surface area contributed by atoms with Crippen LogP contribution in [0, 0.1) is 22.7 Å². The van der Waals surface area contributed by atoms with E-state index in [0.717, 1.165) is 25.7 Å². The van der Waals surface area contributed by atoms with Crippen molar-refractivity contribution < 1.29 is 19.1 Å². The number of ketones is 2. The molecule has 0 aromatic heterocycles. The number of unbranched alkanes of at least 4 members (excludes halogenated alkanes) is 3. The summed E-state index contributed by atoms with van der Waals surface area (Å²) >= 11 is 0. The molecule has 3 fully saturated rings. The first kappa shape index (κ1) is 17.2. The molecule has 3 rings (SSSR count). The number of ether oxygens (including phenoxy) is 1. The van der Waals surface area contributed by atoms with E-state index in [-0.39, 0.29) is 29.9 Å². The second-order valence-corrected chi connectivity index (χ2v) is 7.68. The summed E-state index contributed by atoms with van der Waals surface area (Å²) in [5, 5.41) is 0. The molecular formula is C18H28O4. The van der Waals surface area contributed by atoms with Crippen LogP contribution in [-0.4, -0.2) is 24.1 Å². The first-order chi connectivity index (χ1) is 10.2. The Morgan fingerprint density at radius 3 is 2.50 bits per heavy atom. The van der Waals surface area contributed by atoms with Crippen molar-refractivity contribution in [3.63, 3.8) is 0 Å². The quantitative estimate of drug-likeness (QED) is 0.558. The molecule has 22 heavy (non-hydrogen) atoms. The second-order valence-electron chi connectivity index (χ2n) is 7.68. The van der Waals surface area contributed by atoms with Crippen molar-refractivity contribution in [1.29, 1.82) is 0 Å². The largest absolute Gasteiger partial charge is 0.465 e. The molecule has 4 heteroatoms. The third kappa shape index (κ3) is 2.72. The van der Waals surface area contributed by atoms with Crippen molar-refractivity contribution in [3.8, 4) is 0 Å². The number of rotatable bonds is 6. The SMILES string of the molecule is CCCCCCOC(=O)[C@H]1C[C@H]2C(=O)C[C@]1(C)C(=O)C2(C)C. The van der Waals surface area contributed by atoms with Gasteiger partial charge in [0.05, 0.1) is 12.5 Å². The molecule has 0 spiro atoms. The highest BCUT2D eigenvalue weighted by Gasteiger charge is 2.64. The highest BCUT2D eigenvalue weighted by molar-refractivity contribution is 6.06. The Morgan fingerprint density at radius 1 is 1.18 bits per heavy atom. The Labute approximate surface area is 133 Å². The van der Waals surface area contributed by atoms with Crippen molar-refractivity contribution in [2.75, 3.05) is 6.61 Å². The van der Waals surface area contributed by atoms with Gasteiger partial charge in [-0.15, -0.1) is 0 Å². The van der Waals surface area contributed by atoms with Crippen molar-refractivity contribution in [1.82, 2.24) is 0 Å². The fraction of sp³-hybridized carbons (Fsp3) is 0.833. The molecule has 3 aliphatic rings. The predicted octanol–water partition coefficient (Wildman–Crippen LogP) is 3.32. The maximum Gasteiger partial charge on any atom is 0.309 e. The van der Waals surface area contributed by atoms with E-state index in [1.807, 2.05) is 13.8 Å². The average molecular weight is 308 g/mol. The lowest BCUT2D eigenvalue weighted by atomic mass is 9.46. The minimum absolute atomic E-state index is 0.0452. The van der Waals surface area contributed by atoms with Crippen LogP contribution < -0.4 is 0 Å². The highest BCUT2D eigenvalue weighted by Crippen LogP contribution is 2.57. The van der Waals surface area contributed by atoms with E-state index in [0.29, 0.717) is 13.0 Å². The smallest absolute Gasteiger partial charge is 0.309 e. The van der Waals surface area contributed by atoms with E-state index in [9.17, 15) is 14.4 Å². The van der Waals surface area contributed by atoms with Crippen molar-refractivity contribution in [3.05, 3.63) is 0 Å². The molecule has 0 saturated heterocycles. The van der Waals surface area contributed by atoms with Crippen LogP contribution in [0.3, 0.4) is 0 Å². The number of esters is 1. The van der Waals surface area contributed by atoms with Crippen molar-refractivity contribution in [2.45, 2.75) is 66.2 Å². The first-order valence-electron chi connectivity index (χ1n) is 8.49. The van der Waals surface area contributed by atoms with Gasteiger partial charge in [-0.3, -0.25) is 14.4 Å². The minimum atomic E-state index is -0.879.